The Kier molecular flexibility index (Phi) is 5.19. The molecule has 0 heterocycles. The van der Waals surface area contributed by atoms with Crippen molar-refractivity contribution in [1.29, 1.82) is 0 Å². The van der Waals surface area contributed by atoms with Crippen LogP contribution in [0.15, 0.2) is 89.1 Å². The molecule has 3 aromatic rings. The Morgan fingerprint density at radius 2 is 1.38 bits per heavy atom. The molecule has 3 aromatic carbocycles. The van der Waals surface area contributed by atoms with Crippen LogP contribution in [0.25, 0.3) is 0 Å². The molecule has 0 saturated heterocycles. The van der Waals surface area contributed by atoms with Crippen LogP contribution >= 0.6 is 0 Å². The summed E-state index contributed by atoms with van der Waals surface area (Å²) < 4.78 is 0. The van der Waals surface area contributed by atoms with Gasteiger partial charge in [-0.15, -0.1) is 5.10 Å². The molecule has 0 aromatic heterocycles. The second-order valence-electron chi connectivity index (χ2n) is 5.47. The molecule has 5 heteroatoms. The maximum absolute atomic E-state index is 12.8. The monoisotopic (exact) mass is 344 g/mol. The Bertz CT molecular complexity index is 965. The molecule has 0 radical (unpaired) electrons. The molecular formula is C21H16N2O3. The molecule has 0 aliphatic heterocycles. The zero-order chi connectivity index (χ0) is 18.4. The topological polar surface area (TPSA) is 82.2 Å². The Labute approximate surface area is 150 Å². The van der Waals surface area contributed by atoms with Gasteiger partial charge in [0, 0.05) is 16.7 Å². The number of para-hydroxylation sites is 1. The van der Waals surface area contributed by atoms with Crippen LogP contribution in [0.3, 0.4) is 0 Å². The smallest absolute Gasteiger partial charge is 0.213 e. The summed E-state index contributed by atoms with van der Waals surface area (Å²) in [5.41, 5.74) is 1.63. The number of hydrogen-bond acceptors (Lipinski definition) is 5. The summed E-state index contributed by atoms with van der Waals surface area (Å²) in [6, 6.07) is 22.4. The van der Waals surface area contributed by atoms with Gasteiger partial charge in [0.15, 0.2) is 11.5 Å². The Balaban J connectivity index is 1.98. The van der Waals surface area contributed by atoms with Crippen molar-refractivity contribution in [2.75, 3.05) is 0 Å². The lowest BCUT2D eigenvalue weighted by molar-refractivity contribution is 0.106. The van der Waals surface area contributed by atoms with Gasteiger partial charge in [-0.25, -0.2) is 0 Å². The summed E-state index contributed by atoms with van der Waals surface area (Å²) in [5.74, 6) is -0.794. The Morgan fingerprint density at radius 3 is 2.04 bits per heavy atom. The quantitative estimate of drug-likeness (QED) is 0.320. The molecule has 128 valence electrons. The van der Waals surface area contributed by atoms with Crippen LogP contribution in [0.4, 0.5) is 0 Å². The second kappa shape index (κ2) is 7.90. The number of carbonyl (C=O) groups excluding carboxylic acids is 1. The fourth-order valence-electron chi connectivity index (χ4n) is 2.36. The van der Waals surface area contributed by atoms with Crippen LogP contribution in [-0.2, 0) is 0 Å². The van der Waals surface area contributed by atoms with Gasteiger partial charge in [0.05, 0.1) is 6.21 Å². The van der Waals surface area contributed by atoms with E-state index in [1.807, 2.05) is 24.3 Å². The van der Waals surface area contributed by atoms with Gasteiger partial charge >= 0.3 is 0 Å². The number of Topliss-reactive ketones (excluding diaryl/α,β-unsaturated/α-hetero) is 1. The minimum atomic E-state index is -0.290. The van der Waals surface area contributed by atoms with E-state index in [1.165, 1.54) is 12.3 Å². The maximum Gasteiger partial charge on any atom is 0.213 e. The molecule has 0 atom stereocenters. The first-order valence-electron chi connectivity index (χ1n) is 7.94. The summed E-state index contributed by atoms with van der Waals surface area (Å²) in [6.45, 7) is 0. The van der Waals surface area contributed by atoms with Crippen LogP contribution < -0.4 is 0 Å². The molecule has 0 aliphatic rings. The molecule has 0 spiro atoms. The predicted molar refractivity (Wildman–Crippen MR) is 101 cm³/mol. The van der Waals surface area contributed by atoms with Crippen LogP contribution in [0.1, 0.15) is 21.5 Å². The summed E-state index contributed by atoms with van der Waals surface area (Å²) in [5, 5.41) is 27.4. The molecule has 0 unspecified atom stereocenters. The van der Waals surface area contributed by atoms with Crippen molar-refractivity contribution >= 4 is 17.7 Å². The molecule has 5 nitrogen and oxygen atoms in total. The van der Waals surface area contributed by atoms with E-state index in [1.54, 1.807) is 48.5 Å². The van der Waals surface area contributed by atoms with Crippen molar-refractivity contribution in [3.8, 4) is 11.5 Å². The number of rotatable bonds is 5. The van der Waals surface area contributed by atoms with Gasteiger partial charge in [-0.2, -0.15) is 5.10 Å². The van der Waals surface area contributed by atoms with E-state index in [-0.39, 0.29) is 23.0 Å². The molecule has 0 bridgehead atoms. The van der Waals surface area contributed by atoms with Crippen molar-refractivity contribution < 1.29 is 15.0 Å². The highest BCUT2D eigenvalue weighted by Gasteiger charge is 2.16. The van der Waals surface area contributed by atoms with Gasteiger partial charge in [0.2, 0.25) is 5.78 Å². The predicted octanol–water partition coefficient (Wildman–Crippen LogP) is 3.80. The third-order valence-electron chi connectivity index (χ3n) is 3.70. The van der Waals surface area contributed by atoms with E-state index in [0.29, 0.717) is 16.7 Å². The minimum Gasteiger partial charge on any atom is -0.504 e. The van der Waals surface area contributed by atoms with Crippen molar-refractivity contribution in [3.63, 3.8) is 0 Å². The van der Waals surface area contributed by atoms with Gasteiger partial charge in [0.25, 0.3) is 0 Å². The van der Waals surface area contributed by atoms with Crippen LogP contribution in [0.2, 0.25) is 0 Å². The first-order valence-corrected chi connectivity index (χ1v) is 7.94. The molecule has 26 heavy (non-hydrogen) atoms. The van der Waals surface area contributed by atoms with Crippen LogP contribution in [-0.4, -0.2) is 27.9 Å². The van der Waals surface area contributed by atoms with E-state index in [4.69, 9.17) is 0 Å². The van der Waals surface area contributed by atoms with Gasteiger partial charge in [-0.1, -0.05) is 66.7 Å². The number of phenolic OH excluding ortho intramolecular Hbond substituents is 2. The lowest BCUT2D eigenvalue weighted by Crippen LogP contribution is -2.15. The minimum absolute atomic E-state index is 0.188. The first-order chi connectivity index (χ1) is 12.7. The van der Waals surface area contributed by atoms with Gasteiger partial charge < -0.3 is 10.2 Å². The van der Waals surface area contributed by atoms with Crippen LogP contribution in [0, 0.1) is 0 Å². The third-order valence-corrected chi connectivity index (χ3v) is 3.70. The Hall–Kier alpha value is -3.73. The summed E-state index contributed by atoms with van der Waals surface area (Å²) in [4.78, 5) is 12.8. The lowest BCUT2D eigenvalue weighted by atomic mass is 10.0. The molecule has 0 saturated carbocycles. The second-order valence-corrected chi connectivity index (χ2v) is 5.47. The molecule has 0 aliphatic carbocycles. The van der Waals surface area contributed by atoms with Gasteiger partial charge in [-0.05, 0) is 12.1 Å². The zero-order valence-corrected chi connectivity index (χ0v) is 13.8. The first kappa shape index (κ1) is 17.1. The average molecular weight is 344 g/mol. The number of nitrogens with zero attached hydrogens (tertiary/aromatic N) is 2. The van der Waals surface area contributed by atoms with Crippen molar-refractivity contribution in [2.45, 2.75) is 0 Å². The lowest BCUT2D eigenvalue weighted by Gasteiger charge is -2.04. The third kappa shape index (κ3) is 3.84. The molecule has 2 N–H and O–H groups in total. The van der Waals surface area contributed by atoms with E-state index in [0.717, 1.165) is 0 Å². The van der Waals surface area contributed by atoms with E-state index < -0.39 is 0 Å². The fourth-order valence-corrected chi connectivity index (χ4v) is 2.36. The van der Waals surface area contributed by atoms with Crippen LogP contribution in [0.5, 0.6) is 11.5 Å². The number of benzene rings is 3. The number of aromatic hydroxyl groups is 2. The van der Waals surface area contributed by atoms with Crippen molar-refractivity contribution in [1.82, 2.24) is 0 Å². The van der Waals surface area contributed by atoms with Gasteiger partial charge in [0.1, 0.15) is 5.71 Å². The number of phenols is 2. The average Bonchev–Trinajstić information content (AvgIpc) is 2.69. The number of ketones is 1. The summed E-state index contributed by atoms with van der Waals surface area (Å²) in [7, 11) is 0. The van der Waals surface area contributed by atoms with Gasteiger partial charge in [-0.3, -0.25) is 4.79 Å². The largest absolute Gasteiger partial charge is 0.504 e. The number of hydrogen-bond donors (Lipinski definition) is 2. The van der Waals surface area contributed by atoms with E-state index in [2.05, 4.69) is 10.2 Å². The molecule has 0 amide bonds. The van der Waals surface area contributed by atoms with Crippen molar-refractivity contribution in [2.24, 2.45) is 10.2 Å². The zero-order valence-electron chi connectivity index (χ0n) is 13.8. The van der Waals surface area contributed by atoms with Crippen molar-refractivity contribution in [3.05, 3.63) is 95.6 Å². The number of carbonyl (C=O) groups is 1. The normalized spacial score (nSPS) is 11.6. The SMILES string of the molecule is O=C(C(=NN=Cc1cccc(O)c1O)c1ccccc1)c1ccccc1. The highest BCUT2D eigenvalue weighted by Crippen LogP contribution is 2.26. The molecule has 3 rings (SSSR count). The Morgan fingerprint density at radius 1 is 0.769 bits per heavy atom. The highest BCUT2D eigenvalue weighted by molar-refractivity contribution is 6.51. The standard InChI is InChI=1S/C21H16N2O3/c24-18-13-7-12-17(20(18)25)14-22-23-19(15-8-3-1-4-9-15)21(26)16-10-5-2-6-11-16/h1-14,24-25H. The highest BCUT2D eigenvalue weighted by atomic mass is 16.3. The van der Waals surface area contributed by atoms with E-state index in [9.17, 15) is 15.0 Å². The maximum atomic E-state index is 12.8. The molecule has 0 fully saturated rings. The summed E-state index contributed by atoms with van der Waals surface area (Å²) >= 11 is 0. The fraction of sp³-hybridized carbons (Fsp3) is 0. The summed E-state index contributed by atoms with van der Waals surface area (Å²) in [6.07, 6.45) is 1.29. The van der Waals surface area contributed by atoms with E-state index >= 15 is 0 Å². The molecular weight excluding hydrogens is 328 g/mol.